The summed E-state index contributed by atoms with van der Waals surface area (Å²) in [5.41, 5.74) is -0.164. The van der Waals surface area contributed by atoms with Crippen LogP contribution in [0.15, 0.2) is 39.1 Å². The quantitative estimate of drug-likeness (QED) is 0.375. The molecule has 0 aliphatic carbocycles. The second-order valence-electron chi connectivity index (χ2n) is 10.9. The van der Waals surface area contributed by atoms with Gasteiger partial charge in [-0.1, -0.05) is 29.4 Å². The molecule has 6 rings (SSSR count). The van der Waals surface area contributed by atoms with Gasteiger partial charge < -0.3 is 29.9 Å². The molecule has 42 heavy (non-hydrogen) atoms. The van der Waals surface area contributed by atoms with Crippen molar-refractivity contribution in [1.29, 1.82) is 0 Å². The summed E-state index contributed by atoms with van der Waals surface area (Å²) >= 11 is 7.88. The van der Waals surface area contributed by atoms with Gasteiger partial charge in [0.15, 0.2) is 11.4 Å². The number of nitrogens with zero attached hydrogens (tertiary/aromatic N) is 5. The predicted octanol–water partition coefficient (Wildman–Crippen LogP) is 3.21. The van der Waals surface area contributed by atoms with Crippen molar-refractivity contribution in [2.24, 2.45) is 5.41 Å². The summed E-state index contributed by atoms with van der Waals surface area (Å²) in [5.74, 6) is -0.567. The molecule has 1 spiro atoms. The van der Waals surface area contributed by atoms with Crippen molar-refractivity contribution in [3.63, 3.8) is 0 Å². The van der Waals surface area contributed by atoms with Gasteiger partial charge in [-0.15, -0.1) is 0 Å². The molecule has 12 nitrogen and oxygen atoms in total. The van der Waals surface area contributed by atoms with E-state index in [0.29, 0.717) is 34.1 Å². The molecule has 3 aromatic rings. The van der Waals surface area contributed by atoms with Gasteiger partial charge in [0.05, 0.1) is 49.4 Å². The normalized spacial score (nSPS) is 19.6. The van der Waals surface area contributed by atoms with Crippen molar-refractivity contribution in [3.05, 3.63) is 56.9 Å². The van der Waals surface area contributed by atoms with Crippen molar-refractivity contribution in [2.75, 3.05) is 36.5 Å². The number of carbonyl (C=O) groups is 1. The van der Waals surface area contributed by atoms with E-state index in [0.717, 1.165) is 39.0 Å². The van der Waals surface area contributed by atoms with E-state index in [2.05, 4.69) is 32.1 Å². The molecular formula is C28H31ClN6O6S. The average Bonchev–Trinajstić information content (AvgIpc) is 3.35. The second kappa shape index (κ2) is 11.8. The van der Waals surface area contributed by atoms with E-state index in [1.54, 1.807) is 24.4 Å². The zero-order valence-corrected chi connectivity index (χ0v) is 24.6. The SMILES string of the molecule is C[C@H]1CC2(CCN(c3ncc(Sc4cccc(NC(=O)c5c(O)nc6n(c5=O)CCOC6)c4Cl)nc3CO)CC2)CO1. The molecule has 1 amide bonds. The third kappa shape index (κ3) is 5.59. The lowest BCUT2D eigenvalue weighted by molar-refractivity contribution is 0.0766. The summed E-state index contributed by atoms with van der Waals surface area (Å²) in [4.78, 5) is 42.0. The number of fused-ring (bicyclic) bond motifs is 1. The second-order valence-corrected chi connectivity index (χ2v) is 12.3. The van der Waals surface area contributed by atoms with Crippen LogP contribution in [-0.2, 0) is 29.2 Å². The van der Waals surface area contributed by atoms with Crippen LogP contribution in [-0.4, -0.2) is 68.0 Å². The highest BCUT2D eigenvalue weighted by atomic mass is 35.5. The highest BCUT2D eigenvalue weighted by Crippen LogP contribution is 2.43. The van der Waals surface area contributed by atoms with Crippen molar-refractivity contribution < 1.29 is 24.5 Å². The van der Waals surface area contributed by atoms with E-state index in [-0.39, 0.29) is 41.7 Å². The van der Waals surface area contributed by atoms with Crippen LogP contribution in [0, 0.1) is 5.41 Å². The largest absolute Gasteiger partial charge is 0.493 e. The molecule has 3 N–H and O–H groups in total. The zero-order valence-electron chi connectivity index (χ0n) is 23.0. The number of hydrogen-bond acceptors (Lipinski definition) is 11. The minimum Gasteiger partial charge on any atom is -0.493 e. The minimum absolute atomic E-state index is 0.0746. The molecule has 0 saturated carbocycles. The van der Waals surface area contributed by atoms with Crippen molar-refractivity contribution in [3.8, 4) is 5.88 Å². The number of nitrogens with one attached hydrogen (secondary N) is 1. The molecule has 2 fully saturated rings. The Morgan fingerprint density at radius 2 is 2.07 bits per heavy atom. The van der Waals surface area contributed by atoms with Crippen LogP contribution >= 0.6 is 23.4 Å². The molecule has 1 atom stereocenters. The lowest BCUT2D eigenvalue weighted by atomic mass is 9.77. The Morgan fingerprint density at radius 3 is 2.81 bits per heavy atom. The summed E-state index contributed by atoms with van der Waals surface area (Å²) < 4.78 is 12.4. The minimum atomic E-state index is -0.829. The molecule has 0 unspecified atom stereocenters. The van der Waals surface area contributed by atoms with E-state index in [4.69, 9.17) is 21.1 Å². The fraction of sp³-hybridized carbons (Fsp3) is 0.464. The first-order valence-electron chi connectivity index (χ1n) is 13.8. The van der Waals surface area contributed by atoms with E-state index in [9.17, 15) is 19.8 Å². The Kier molecular flexibility index (Phi) is 8.11. The Hall–Kier alpha value is -3.23. The van der Waals surface area contributed by atoms with Gasteiger partial charge >= 0.3 is 0 Å². The fourth-order valence-corrected chi connectivity index (χ4v) is 6.96. The number of carbonyl (C=O) groups excluding carboxylic acids is 1. The lowest BCUT2D eigenvalue weighted by Gasteiger charge is -2.39. The van der Waals surface area contributed by atoms with Gasteiger partial charge in [0.2, 0.25) is 5.88 Å². The third-order valence-electron chi connectivity index (χ3n) is 8.04. The van der Waals surface area contributed by atoms with Crippen LogP contribution in [0.2, 0.25) is 5.02 Å². The number of amides is 1. The zero-order chi connectivity index (χ0) is 29.4. The van der Waals surface area contributed by atoms with E-state index < -0.39 is 22.9 Å². The van der Waals surface area contributed by atoms with Gasteiger partial charge in [-0.2, -0.15) is 4.98 Å². The summed E-state index contributed by atoms with van der Waals surface area (Å²) in [6, 6.07) is 5.05. The molecule has 2 aromatic heterocycles. The molecule has 0 radical (unpaired) electrons. The van der Waals surface area contributed by atoms with Crippen LogP contribution in [0.5, 0.6) is 5.88 Å². The van der Waals surface area contributed by atoms with Crippen molar-refractivity contribution >= 4 is 40.8 Å². The number of aromatic nitrogens is 4. The maximum atomic E-state index is 13.0. The smallest absolute Gasteiger partial charge is 0.270 e. The fourth-order valence-electron chi connectivity index (χ4n) is 5.84. The van der Waals surface area contributed by atoms with E-state index >= 15 is 0 Å². The van der Waals surface area contributed by atoms with Crippen LogP contribution in [0.25, 0.3) is 0 Å². The van der Waals surface area contributed by atoms with Gasteiger partial charge in [-0.05, 0) is 43.7 Å². The van der Waals surface area contributed by atoms with Gasteiger partial charge in [-0.3, -0.25) is 14.2 Å². The average molecular weight is 615 g/mol. The first-order chi connectivity index (χ1) is 20.3. The molecule has 2 saturated heterocycles. The topological polar surface area (TPSA) is 152 Å². The van der Waals surface area contributed by atoms with Crippen molar-refractivity contribution in [1.82, 2.24) is 19.5 Å². The number of ether oxygens (including phenoxy) is 2. The molecule has 5 heterocycles. The molecular weight excluding hydrogens is 584 g/mol. The number of aliphatic hydroxyl groups is 1. The predicted molar refractivity (Wildman–Crippen MR) is 155 cm³/mol. The molecule has 222 valence electrons. The molecule has 3 aliphatic heterocycles. The highest BCUT2D eigenvalue weighted by molar-refractivity contribution is 7.99. The maximum Gasteiger partial charge on any atom is 0.270 e. The molecule has 14 heteroatoms. The third-order valence-corrected chi connectivity index (χ3v) is 9.53. The van der Waals surface area contributed by atoms with Crippen LogP contribution in [0.4, 0.5) is 11.5 Å². The summed E-state index contributed by atoms with van der Waals surface area (Å²) in [6.07, 6.45) is 5.04. The molecule has 1 aromatic carbocycles. The lowest BCUT2D eigenvalue weighted by Crippen LogP contribution is -2.41. The summed E-state index contributed by atoms with van der Waals surface area (Å²) in [6.45, 7) is 4.92. The number of halogens is 1. The molecule has 3 aliphatic rings. The van der Waals surface area contributed by atoms with E-state index in [1.807, 2.05) is 0 Å². The maximum absolute atomic E-state index is 13.0. The summed E-state index contributed by atoms with van der Waals surface area (Å²) in [5, 5.41) is 23.8. The highest BCUT2D eigenvalue weighted by Gasteiger charge is 2.41. The van der Waals surface area contributed by atoms with Crippen molar-refractivity contribution in [2.45, 2.75) is 62.0 Å². The van der Waals surface area contributed by atoms with E-state index in [1.165, 1.54) is 16.3 Å². The first kappa shape index (κ1) is 28.9. The van der Waals surface area contributed by atoms with Crippen LogP contribution < -0.4 is 15.8 Å². The number of aromatic hydroxyl groups is 1. The number of piperidine rings is 1. The Morgan fingerprint density at radius 1 is 1.26 bits per heavy atom. The summed E-state index contributed by atoms with van der Waals surface area (Å²) in [7, 11) is 0. The number of benzene rings is 1. The molecule has 0 bridgehead atoms. The monoisotopic (exact) mass is 614 g/mol. The number of hydrogen-bond donors (Lipinski definition) is 3. The van der Waals surface area contributed by atoms with Crippen LogP contribution in [0.3, 0.4) is 0 Å². The van der Waals surface area contributed by atoms with Gasteiger partial charge in [0.1, 0.15) is 23.2 Å². The standard InChI is InChI=1S/C28H31ClN6O6S/c1-16-11-28(15-41-16)5-7-34(8-6-28)24-18(13-36)31-21(12-30-24)42-19-4-2-3-17(23(19)29)32-25(37)22-26(38)33-20-14-40-10-9-35(20)27(22)39/h2-4,12,16,36,38H,5-11,13-15H2,1H3,(H,32,37)/t16-/m0/s1. The van der Waals surface area contributed by atoms with Crippen LogP contribution in [0.1, 0.15) is 48.1 Å². The number of anilines is 2. The Balaban J connectivity index is 1.17. The van der Waals surface area contributed by atoms with Gasteiger partial charge in [0.25, 0.3) is 11.5 Å². The van der Waals surface area contributed by atoms with Gasteiger partial charge in [-0.25, -0.2) is 9.97 Å². The number of rotatable bonds is 6. The Labute approximate surface area is 251 Å². The first-order valence-corrected chi connectivity index (χ1v) is 15.0. The number of aliphatic hydroxyl groups excluding tert-OH is 1. The van der Waals surface area contributed by atoms with Gasteiger partial charge in [0, 0.05) is 18.0 Å². The Bertz CT molecular complexity index is 1580.